The zero-order valence-corrected chi connectivity index (χ0v) is 14.8. The fourth-order valence-corrected chi connectivity index (χ4v) is 3.68. The molecular formula is C21H20F3N3. The lowest BCUT2D eigenvalue weighted by atomic mass is 10.1. The third-order valence-corrected chi connectivity index (χ3v) is 5.05. The maximum atomic E-state index is 14.4. The van der Waals surface area contributed by atoms with E-state index in [0.717, 1.165) is 38.2 Å². The van der Waals surface area contributed by atoms with Gasteiger partial charge in [0.2, 0.25) is 0 Å². The third-order valence-electron chi connectivity index (χ3n) is 5.05. The van der Waals surface area contributed by atoms with Gasteiger partial charge >= 0.3 is 0 Å². The van der Waals surface area contributed by atoms with Crippen LogP contribution in [0.4, 0.5) is 18.9 Å². The van der Waals surface area contributed by atoms with Crippen LogP contribution in [0.25, 0.3) is 10.9 Å². The molecule has 27 heavy (non-hydrogen) atoms. The van der Waals surface area contributed by atoms with Crippen molar-refractivity contribution in [2.24, 2.45) is 0 Å². The van der Waals surface area contributed by atoms with E-state index in [1.807, 2.05) is 6.07 Å². The highest BCUT2D eigenvalue weighted by atomic mass is 19.1. The van der Waals surface area contributed by atoms with Crippen LogP contribution < -0.4 is 4.90 Å². The Hall–Kier alpha value is -2.60. The summed E-state index contributed by atoms with van der Waals surface area (Å²) in [6, 6.07) is 10.8. The second kappa shape index (κ2) is 7.56. The molecule has 6 heteroatoms. The van der Waals surface area contributed by atoms with E-state index < -0.39 is 11.6 Å². The van der Waals surface area contributed by atoms with Gasteiger partial charge in [-0.3, -0.25) is 9.88 Å². The molecule has 2 aromatic carbocycles. The van der Waals surface area contributed by atoms with Gasteiger partial charge in [-0.15, -0.1) is 0 Å². The van der Waals surface area contributed by atoms with Gasteiger partial charge in [0.1, 0.15) is 23.0 Å². The van der Waals surface area contributed by atoms with Gasteiger partial charge in [-0.25, -0.2) is 13.2 Å². The predicted molar refractivity (Wildman–Crippen MR) is 100 cm³/mol. The fraction of sp³-hybridized carbons (Fsp3) is 0.286. The van der Waals surface area contributed by atoms with E-state index in [1.54, 1.807) is 18.2 Å². The number of halogens is 3. The molecule has 0 amide bonds. The molecule has 0 bridgehead atoms. The summed E-state index contributed by atoms with van der Waals surface area (Å²) in [6.07, 6.45) is 2.37. The van der Waals surface area contributed by atoms with Crippen LogP contribution in [0, 0.1) is 17.5 Å². The Morgan fingerprint density at radius 2 is 1.63 bits per heavy atom. The molecule has 2 heterocycles. The van der Waals surface area contributed by atoms with Crippen molar-refractivity contribution in [2.75, 3.05) is 31.1 Å². The highest BCUT2D eigenvalue weighted by molar-refractivity contribution is 5.92. The summed E-state index contributed by atoms with van der Waals surface area (Å²) >= 11 is 0. The summed E-state index contributed by atoms with van der Waals surface area (Å²) in [5, 5.41) is 0.222. The normalized spacial score (nSPS) is 15.9. The van der Waals surface area contributed by atoms with Gasteiger partial charge in [-0.1, -0.05) is 18.2 Å². The van der Waals surface area contributed by atoms with Crippen molar-refractivity contribution >= 4 is 16.6 Å². The van der Waals surface area contributed by atoms with Gasteiger partial charge in [0.25, 0.3) is 0 Å². The van der Waals surface area contributed by atoms with E-state index in [1.165, 1.54) is 12.3 Å². The van der Waals surface area contributed by atoms with Crippen molar-refractivity contribution in [3.8, 4) is 0 Å². The van der Waals surface area contributed by atoms with Crippen molar-refractivity contribution in [1.29, 1.82) is 0 Å². The molecular weight excluding hydrogens is 351 g/mol. The molecule has 1 aliphatic heterocycles. The van der Waals surface area contributed by atoms with Crippen LogP contribution >= 0.6 is 0 Å². The molecule has 0 spiro atoms. The number of fused-ring (bicyclic) bond motifs is 1. The zero-order valence-electron chi connectivity index (χ0n) is 14.8. The number of aromatic nitrogens is 1. The Morgan fingerprint density at radius 1 is 0.815 bits per heavy atom. The summed E-state index contributed by atoms with van der Waals surface area (Å²) < 4.78 is 42.4. The van der Waals surface area contributed by atoms with E-state index in [2.05, 4.69) is 14.8 Å². The van der Waals surface area contributed by atoms with Crippen molar-refractivity contribution in [3.05, 3.63) is 71.7 Å². The number of rotatable bonds is 3. The highest BCUT2D eigenvalue weighted by Gasteiger charge is 2.20. The Bertz CT molecular complexity index is 961. The Labute approximate surface area is 156 Å². The van der Waals surface area contributed by atoms with E-state index in [4.69, 9.17) is 0 Å². The summed E-state index contributed by atoms with van der Waals surface area (Å²) in [7, 11) is 0. The number of nitrogens with zero attached hydrogens (tertiary/aromatic N) is 3. The van der Waals surface area contributed by atoms with E-state index in [0.29, 0.717) is 24.3 Å². The van der Waals surface area contributed by atoms with Crippen molar-refractivity contribution < 1.29 is 13.2 Å². The molecule has 3 nitrogen and oxygen atoms in total. The summed E-state index contributed by atoms with van der Waals surface area (Å²) in [4.78, 5) is 8.26. The molecule has 0 saturated carbocycles. The lowest BCUT2D eigenvalue weighted by Crippen LogP contribution is -2.31. The zero-order chi connectivity index (χ0) is 18.8. The highest BCUT2D eigenvalue weighted by Crippen LogP contribution is 2.30. The quantitative estimate of drug-likeness (QED) is 0.682. The van der Waals surface area contributed by atoms with Crippen LogP contribution in [0.5, 0.6) is 0 Å². The second-order valence-corrected chi connectivity index (χ2v) is 6.79. The van der Waals surface area contributed by atoms with Crippen molar-refractivity contribution in [1.82, 2.24) is 9.88 Å². The number of hydrogen-bond donors (Lipinski definition) is 0. The molecule has 3 aromatic rings. The van der Waals surface area contributed by atoms with Gasteiger partial charge < -0.3 is 4.90 Å². The minimum absolute atomic E-state index is 0.0555. The lowest BCUT2D eigenvalue weighted by molar-refractivity contribution is 0.281. The van der Waals surface area contributed by atoms with E-state index >= 15 is 0 Å². The number of benzene rings is 2. The number of pyridine rings is 1. The van der Waals surface area contributed by atoms with E-state index in [-0.39, 0.29) is 16.7 Å². The largest absolute Gasteiger partial charge is 0.370 e. The van der Waals surface area contributed by atoms with E-state index in [9.17, 15) is 13.2 Å². The fourth-order valence-electron chi connectivity index (χ4n) is 3.68. The molecule has 0 N–H and O–H groups in total. The Morgan fingerprint density at radius 3 is 2.48 bits per heavy atom. The Balaban J connectivity index is 1.56. The van der Waals surface area contributed by atoms with Crippen LogP contribution in [0.3, 0.4) is 0 Å². The van der Waals surface area contributed by atoms with Crippen LogP contribution in [-0.2, 0) is 6.54 Å². The molecule has 140 valence electrons. The molecule has 0 atom stereocenters. The monoisotopic (exact) mass is 371 g/mol. The van der Waals surface area contributed by atoms with Gasteiger partial charge in [-0.2, -0.15) is 0 Å². The molecule has 1 aliphatic rings. The summed E-state index contributed by atoms with van der Waals surface area (Å²) in [5.74, 6) is -1.19. The molecule has 1 saturated heterocycles. The van der Waals surface area contributed by atoms with Gasteiger partial charge in [0, 0.05) is 44.5 Å². The minimum atomic E-state index is -0.524. The first-order valence-electron chi connectivity index (χ1n) is 9.07. The van der Waals surface area contributed by atoms with Gasteiger partial charge in [0.15, 0.2) is 0 Å². The second-order valence-electron chi connectivity index (χ2n) is 6.79. The van der Waals surface area contributed by atoms with Gasteiger partial charge in [-0.05, 0) is 30.7 Å². The lowest BCUT2D eigenvalue weighted by Gasteiger charge is -2.25. The molecule has 0 radical (unpaired) electrons. The first-order valence-corrected chi connectivity index (χ1v) is 9.07. The molecule has 0 unspecified atom stereocenters. The summed E-state index contributed by atoms with van der Waals surface area (Å²) in [5.41, 5.74) is 1.39. The van der Waals surface area contributed by atoms with Gasteiger partial charge in [0.05, 0.1) is 11.1 Å². The first kappa shape index (κ1) is 17.8. The first-order chi connectivity index (χ1) is 13.1. The molecule has 1 aromatic heterocycles. The van der Waals surface area contributed by atoms with Crippen LogP contribution in [0.2, 0.25) is 0 Å². The molecule has 4 rings (SSSR count). The number of anilines is 1. The Kier molecular flexibility index (Phi) is 4.99. The summed E-state index contributed by atoms with van der Waals surface area (Å²) in [6.45, 7) is 3.47. The van der Waals surface area contributed by atoms with Crippen LogP contribution in [-0.4, -0.2) is 36.1 Å². The smallest absolute Gasteiger partial charge is 0.149 e. The molecule has 0 aliphatic carbocycles. The number of hydrogen-bond acceptors (Lipinski definition) is 3. The van der Waals surface area contributed by atoms with Crippen LogP contribution in [0.1, 0.15) is 12.0 Å². The third kappa shape index (κ3) is 3.62. The maximum Gasteiger partial charge on any atom is 0.149 e. The minimum Gasteiger partial charge on any atom is -0.370 e. The average Bonchev–Trinajstić information content (AvgIpc) is 2.92. The average molecular weight is 371 g/mol. The van der Waals surface area contributed by atoms with Crippen molar-refractivity contribution in [3.63, 3.8) is 0 Å². The van der Waals surface area contributed by atoms with Crippen LogP contribution in [0.15, 0.2) is 48.7 Å². The topological polar surface area (TPSA) is 19.4 Å². The SMILES string of the molecule is Fc1ccccc1CN1CCCN(c2ccnc3c(F)ccc(F)c23)CC1. The predicted octanol–water partition coefficient (Wildman–Crippen LogP) is 4.36. The van der Waals surface area contributed by atoms with Crippen molar-refractivity contribution in [2.45, 2.75) is 13.0 Å². The maximum absolute atomic E-state index is 14.4. The molecule has 1 fully saturated rings. The standard InChI is InChI=1S/C21H20F3N3/c22-16-5-2-1-4-15(16)14-26-10-3-11-27(13-12-26)19-8-9-25-21-18(24)7-6-17(23)20(19)21/h1-2,4-9H,3,10-14H2.